The molecule has 1 rings (SSSR count). The Morgan fingerprint density at radius 3 is 2.67 bits per heavy atom. The van der Waals surface area contributed by atoms with E-state index >= 15 is 0 Å². The van der Waals surface area contributed by atoms with Gasteiger partial charge >= 0.3 is 0 Å². The Balaban J connectivity index is 2.89. The standard InChI is InChI=1S/C17H23FN2O/c1-12(17(2,3)4)11-20-16(21)15-10-14(18)8-7-13(15)6-5-9-19/h7-8,10,12H,9,11,19H2,1-4H3,(H,20,21). The van der Waals surface area contributed by atoms with E-state index in [0.29, 0.717) is 18.0 Å². The van der Waals surface area contributed by atoms with Crippen LogP contribution < -0.4 is 11.1 Å². The molecule has 0 aromatic heterocycles. The molecule has 1 aromatic rings. The molecule has 0 bridgehead atoms. The molecule has 1 atom stereocenters. The minimum atomic E-state index is -0.456. The van der Waals surface area contributed by atoms with E-state index in [-0.39, 0.29) is 23.4 Å². The Bertz CT molecular complexity index is 564. The summed E-state index contributed by atoms with van der Waals surface area (Å²) in [6.07, 6.45) is 0. The normalized spacial score (nSPS) is 12.3. The molecule has 4 heteroatoms. The molecule has 0 aliphatic heterocycles. The molecule has 0 aliphatic rings. The lowest BCUT2D eigenvalue weighted by Gasteiger charge is -2.27. The number of carbonyl (C=O) groups excluding carboxylic acids is 1. The second-order valence-electron chi connectivity index (χ2n) is 6.17. The Morgan fingerprint density at radius 1 is 1.43 bits per heavy atom. The maximum Gasteiger partial charge on any atom is 0.252 e. The molecule has 0 heterocycles. The van der Waals surface area contributed by atoms with Crippen molar-refractivity contribution in [1.82, 2.24) is 5.32 Å². The highest BCUT2D eigenvalue weighted by molar-refractivity contribution is 5.96. The van der Waals surface area contributed by atoms with Gasteiger partial charge in [-0.15, -0.1) is 0 Å². The number of nitrogens with one attached hydrogen (secondary N) is 1. The van der Waals surface area contributed by atoms with Gasteiger partial charge in [-0.1, -0.05) is 39.5 Å². The summed E-state index contributed by atoms with van der Waals surface area (Å²) in [5.41, 5.74) is 6.16. The summed E-state index contributed by atoms with van der Waals surface area (Å²) in [7, 11) is 0. The summed E-state index contributed by atoms with van der Waals surface area (Å²) in [6.45, 7) is 9.14. The van der Waals surface area contributed by atoms with Gasteiger partial charge in [0, 0.05) is 12.1 Å². The molecule has 0 fully saturated rings. The molecule has 0 saturated carbocycles. The Kier molecular flexibility index (Phi) is 5.92. The monoisotopic (exact) mass is 290 g/mol. The van der Waals surface area contributed by atoms with Crippen LogP contribution in [0.3, 0.4) is 0 Å². The number of amides is 1. The van der Waals surface area contributed by atoms with E-state index < -0.39 is 5.82 Å². The first-order valence-electron chi connectivity index (χ1n) is 7.02. The minimum absolute atomic E-state index is 0.0946. The molecular weight excluding hydrogens is 267 g/mol. The predicted octanol–water partition coefficient (Wildman–Crippen LogP) is 2.55. The van der Waals surface area contributed by atoms with Crippen LogP contribution in [0, 0.1) is 29.0 Å². The number of benzene rings is 1. The third kappa shape index (κ3) is 5.20. The molecule has 0 radical (unpaired) electrons. The van der Waals surface area contributed by atoms with E-state index in [1.165, 1.54) is 18.2 Å². The van der Waals surface area contributed by atoms with Gasteiger partial charge in [0.15, 0.2) is 0 Å². The molecule has 1 unspecified atom stereocenters. The molecular formula is C17H23FN2O. The Morgan fingerprint density at radius 2 is 2.10 bits per heavy atom. The van der Waals surface area contributed by atoms with Crippen molar-refractivity contribution in [2.45, 2.75) is 27.7 Å². The molecule has 0 spiro atoms. The van der Waals surface area contributed by atoms with E-state index in [1.54, 1.807) is 0 Å². The maximum absolute atomic E-state index is 13.4. The Labute approximate surface area is 126 Å². The number of carbonyl (C=O) groups is 1. The summed E-state index contributed by atoms with van der Waals surface area (Å²) >= 11 is 0. The molecule has 114 valence electrons. The maximum atomic E-state index is 13.4. The van der Waals surface area contributed by atoms with E-state index in [2.05, 4.69) is 44.9 Å². The molecule has 3 N–H and O–H groups in total. The van der Waals surface area contributed by atoms with Crippen molar-refractivity contribution in [2.24, 2.45) is 17.1 Å². The van der Waals surface area contributed by atoms with Crippen molar-refractivity contribution in [1.29, 1.82) is 0 Å². The van der Waals surface area contributed by atoms with Gasteiger partial charge < -0.3 is 11.1 Å². The zero-order valence-electron chi connectivity index (χ0n) is 13.1. The summed E-state index contributed by atoms with van der Waals surface area (Å²) in [5.74, 6) is 5.01. The largest absolute Gasteiger partial charge is 0.352 e. The number of halogens is 1. The van der Waals surface area contributed by atoms with E-state index in [9.17, 15) is 9.18 Å². The van der Waals surface area contributed by atoms with Crippen LogP contribution in [0.1, 0.15) is 43.6 Å². The molecule has 21 heavy (non-hydrogen) atoms. The molecule has 3 nitrogen and oxygen atoms in total. The van der Waals surface area contributed by atoms with Crippen molar-refractivity contribution in [3.05, 3.63) is 35.1 Å². The topological polar surface area (TPSA) is 55.1 Å². The minimum Gasteiger partial charge on any atom is -0.352 e. The lowest BCUT2D eigenvalue weighted by atomic mass is 9.82. The first kappa shape index (κ1) is 17.2. The third-order valence-corrected chi connectivity index (χ3v) is 3.60. The smallest absolute Gasteiger partial charge is 0.252 e. The molecule has 1 aromatic carbocycles. The van der Waals surface area contributed by atoms with Gasteiger partial charge in [-0.2, -0.15) is 0 Å². The van der Waals surface area contributed by atoms with Crippen molar-refractivity contribution in [3.63, 3.8) is 0 Å². The SMILES string of the molecule is CC(CNC(=O)c1cc(F)ccc1C#CCN)C(C)(C)C. The van der Waals surface area contributed by atoms with Crippen LogP contribution >= 0.6 is 0 Å². The second kappa shape index (κ2) is 7.24. The van der Waals surface area contributed by atoms with Crippen LogP contribution in [0.5, 0.6) is 0 Å². The van der Waals surface area contributed by atoms with Gasteiger partial charge in [0.2, 0.25) is 0 Å². The van der Waals surface area contributed by atoms with Crippen molar-refractivity contribution in [3.8, 4) is 11.8 Å². The summed E-state index contributed by atoms with van der Waals surface area (Å²) < 4.78 is 13.4. The summed E-state index contributed by atoms with van der Waals surface area (Å²) in [4.78, 5) is 12.2. The average Bonchev–Trinajstić information content (AvgIpc) is 2.41. The second-order valence-corrected chi connectivity index (χ2v) is 6.17. The van der Waals surface area contributed by atoms with Crippen LogP contribution in [-0.2, 0) is 0 Å². The number of nitrogens with two attached hydrogens (primary N) is 1. The Hall–Kier alpha value is -1.86. The van der Waals surface area contributed by atoms with Gasteiger partial charge in [-0.05, 0) is 29.5 Å². The number of rotatable bonds is 3. The number of hydrogen-bond donors (Lipinski definition) is 2. The van der Waals surface area contributed by atoms with Crippen LogP contribution in [0.15, 0.2) is 18.2 Å². The van der Waals surface area contributed by atoms with Crippen LogP contribution in [0.25, 0.3) is 0 Å². The van der Waals surface area contributed by atoms with E-state index in [1.807, 2.05) is 0 Å². The molecule has 0 aliphatic carbocycles. The highest BCUT2D eigenvalue weighted by atomic mass is 19.1. The molecule has 1 amide bonds. The fourth-order valence-electron chi connectivity index (χ4n) is 1.61. The first-order chi connectivity index (χ1) is 9.75. The number of hydrogen-bond acceptors (Lipinski definition) is 2. The van der Waals surface area contributed by atoms with Gasteiger partial charge in [0.25, 0.3) is 5.91 Å². The van der Waals surface area contributed by atoms with Crippen LogP contribution in [0.2, 0.25) is 0 Å². The zero-order chi connectivity index (χ0) is 16.0. The van der Waals surface area contributed by atoms with Gasteiger partial charge in [0.05, 0.1) is 12.1 Å². The lowest BCUT2D eigenvalue weighted by Crippen LogP contribution is -2.34. The highest BCUT2D eigenvalue weighted by Crippen LogP contribution is 2.24. The van der Waals surface area contributed by atoms with Crippen molar-refractivity contribution in [2.75, 3.05) is 13.1 Å². The van der Waals surface area contributed by atoms with E-state index in [0.717, 1.165) is 0 Å². The van der Waals surface area contributed by atoms with Crippen LogP contribution in [0.4, 0.5) is 4.39 Å². The fourth-order valence-corrected chi connectivity index (χ4v) is 1.61. The van der Waals surface area contributed by atoms with Gasteiger partial charge in [-0.3, -0.25) is 4.79 Å². The third-order valence-electron chi connectivity index (χ3n) is 3.60. The summed E-state index contributed by atoms with van der Waals surface area (Å²) in [6, 6.07) is 3.99. The first-order valence-corrected chi connectivity index (χ1v) is 7.02. The van der Waals surface area contributed by atoms with E-state index in [4.69, 9.17) is 5.73 Å². The van der Waals surface area contributed by atoms with Crippen molar-refractivity contribution >= 4 is 5.91 Å². The van der Waals surface area contributed by atoms with Gasteiger partial charge in [0.1, 0.15) is 5.82 Å². The quantitative estimate of drug-likeness (QED) is 0.841. The zero-order valence-corrected chi connectivity index (χ0v) is 13.1. The lowest BCUT2D eigenvalue weighted by molar-refractivity contribution is 0.0936. The van der Waals surface area contributed by atoms with Crippen LogP contribution in [-0.4, -0.2) is 19.0 Å². The van der Waals surface area contributed by atoms with Crippen molar-refractivity contribution < 1.29 is 9.18 Å². The van der Waals surface area contributed by atoms with Gasteiger partial charge in [-0.25, -0.2) is 4.39 Å². The average molecular weight is 290 g/mol. The fraction of sp³-hybridized carbons (Fsp3) is 0.471. The highest BCUT2D eigenvalue weighted by Gasteiger charge is 2.21. The summed E-state index contributed by atoms with van der Waals surface area (Å²) in [5, 5.41) is 2.84. The predicted molar refractivity (Wildman–Crippen MR) is 83.3 cm³/mol. The molecule has 0 saturated heterocycles.